The number of fused-ring (bicyclic) bond motifs is 1. The summed E-state index contributed by atoms with van der Waals surface area (Å²) in [6, 6.07) is 6.42. The normalized spacial score (nSPS) is 17.2. The average Bonchev–Trinajstić information content (AvgIpc) is 3.02. The maximum atomic E-state index is 5.74. The van der Waals surface area contributed by atoms with Gasteiger partial charge in [-0.25, -0.2) is 0 Å². The molecule has 4 heteroatoms. The van der Waals surface area contributed by atoms with E-state index in [2.05, 4.69) is 47.5 Å². The van der Waals surface area contributed by atoms with Crippen LogP contribution in [0.3, 0.4) is 0 Å². The monoisotopic (exact) mass is 302 g/mol. The molecule has 0 saturated carbocycles. The molecule has 120 valence electrons. The van der Waals surface area contributed by atoms with E-state index in [9.17, 15) is 0 Å². The number of hydrogen-bond donors (Lipinski definition) is 0. The summed E-state index contributed by atoms with van der Waals surface area (Å²) in [4.78, 5) is 2.51. The van der Waals surface area contributed by atoms with Crippen LogP contribution in [0.25, 0.3) is 5.52 Å². The molecule has 1 saturated heterocycles. The average molecular weight is 302 g/mol. The molecular weight excluding hydrogens is 276 g/mol. The Bertz CT molecular complexity index is 627. The number of ether oxygens (including phenoxy) is 2. The minimum absolute atomic E-state index is 0.439. The van der Waals surface area contributed by atoms with Crippen molar-refractivity contribution in [2.24, 2.45) is 0 Å². The highest BCUT2D eigenvalue weighted by atomic mass is 16.5. The predicted molar refractivity (Wildman–Crippen MR) is 88.6 cm³/mol. The number of pyridine rings is 1. The lowest BCUT2D eigenvalue weighted by Gasteiger charge is -2.32. The van der Waals surface area contributed by atoms with Crippen molar-refractivity contribution in [1.29, 1.82) is 0 Å². The first-order valence-electron chi connectivity index (χ1n) is 8.20. The second-order valence-corrected chi connectivity index (χ2v) is 6.03. The van der Waals surface area contributed by atoms with Gasteiger partial charge in [-0.2, -0.15) is 0 Å². The zero-order chi connectivity index (χ0) is 15.5. The number of aryl methyl sites for hydroxylation is 1. The van der Waals surface area contributed by atoms with E-state index < -0.39 is 0 Å². The van der Waals surface area contributed by atoms with E-state index in [1.807, 2.05) is 0 Å². The zero-order valence-corrected chi connectivity index (χ0v) is 13.8. The molecule has 1 aliphatic rings. The van der Waals surface area contributed by atoms with Crippen LogP contribution in [0.1, 0.15) is 31.0 Å². The van der Waals surface area contributed by atoms with Gasteiger partial charge in [0.15, 0.2) is 0 Å². The third-order valence-electron chi connectivity index (χ3n) is 4.61. The highest BCUT2D eigenvalue weighted by molar-refractivity contribution is 5.62. The van der Waals surface area contributed by atoms with Gasteiger partial charge in [0, 0.05) is 49.8 Å². The molecule has 0 unspecified atom stereocenters. The quantitative estimate of drug-likeness (QED) is 0.848. The predicted octanol–water partition coefficient (Wildman–Crippen LogP) is 3.26. The third kappa shape index (κ3) is 2.99. The van der Waals surface area contributed by atoms with Crippen molar-refractivity contribution < 1.29 is 9.47 Å². The molecule has 0 N–H and O–H groups in total. The molecule has 22 heavy (non-hydrogen) atoms. The number of nitrogens with zero attached hydrogens (tertiary/aromatic N) is 2. The van der Waals surface area contributed by atoms with Gasteiger partial charge in [-0.3, -0.25) is 4.90 Å². The molecule has 4 nitrogen and oxygen atoms in total. The minimum atomic E-state index is 0.439. The number of aromatic nitrogens is 1. The highest BCUT2D eigenvalue weighted by Gasteiger charge is 2.21. The minimum Gasteiger partial charge on any atom is -0.496 e. The first-order chi connectivity index (χ1) is 10.7. The number of likely N-dealkylation sites (tertiary alicyclic amines) is 1. The number of piperidine rings is 1. The van der Waals surface area contributed by atoms with Crippen molar-refractivity contribution >= 4 is 5.52 Å². The van der Waals surface area contributed by atoms with E-state index in [-0.39, 0.29) is 0 Å². The van der Waals surface area contributed by atoms with Crippen LogP contribution < -0.4 is 4.74 Å². The van der Waals surface area contributed by atoms with Crippen LogP contribution >= 0.6 is 0 Å². The van der Waals surface area contributed by atoms with E-state index in [1.54, 1.807) is 7.11 Å². The van der Waals surface area contributed by atoms with Crippen molar-refractivity contribution in [3.63, 3.8) is 0 Å². The largest absolute Gasteiger partial charge is 0.496 e. The molecule has 1 fully saturated rings. The molecule has 0 bridgehead atoms. The van der Waals surface area contributed by atoms with Crippen LogP contribution in [0.4, 0.5) is 0 Å². The van der Waals surface area contributed by atoms with E-state index in [0.29, 0.717) is 6.10 Å². The van der Waals surface area contributed by atoms with E-state index in [0.717, 1.165) is 44.8 Å². The Hall–Kier alpha value is -1.52. The van der Waals surface area contributed by atoms with Crippen molar-refractivity contribution in [1.82, 2.24) is 9.30 Å². The fourth-order valence-electron chi connectivity index (χ4n) is 3.44. The highest BCUT2D eigenvalue weighted by Crippen LogP contribution is 2.28. The summed E-state index contributed by atoms with van der Waals surface area (Å²) in [5, 5.41) is 0. The number of methoxy groups -OCH3 is 1. The Labute approximate surface area is 132 Å². The summed E-state index contributed by atoms with van der Waals surface area (Å²) < 4.78 is 13.6. The molecule has 0 radical (unpaired) electrons. The maximum Gasteiger partial charge on any atom is 0.127 e. The Balaban J connectivity index is 1.79. The SMILES string of the molecule is CCOC1CCN(Cc2c(OC)cc(C)n3cccc23)CC1. The molecule has 0 atom stereocenters. The van der Waals surface area contributed by atoms with E-state index in [1.165, 1.54) is 16.8 Å². The summed E-state index contributed by atoms with van der Waals surface area (Å²) >= 11 is 0. The number of rotatable bonds is 5. The van der Waals surface area contributed by atoms with Gasteiger partial charge in [-0.15, -0.1) is 0 Å². The van der Waals surface area contributed by atoms with Gasteiger partial charge in [-0.05, 0) is 38.8 Å². The molecule has 0 aromatic carbocycles. The lowest BCUT2D eigenvalue weighted by molar-refractivity contribution is 0.0125. The molecule has 2 aromatic rings. The van der Waals surface area contributed by atoms with E-state index in [4.69, 9.17) is 9.47 Å². The van der Waals surface area contributed by atoms with Crippen LogP contribution in [-0.4, -0.2) is 42.2 Å². The topological polar surface area (TPSA) is 26.1 Å². The fourth-order valence-corrected chi connectivity index (χ4v) is 3.44. The summed E-state index contributed by atoms with van der Waals surface area (Å²) in [5.41, 5.74) is 3.74. The summed E-state index contributed by atoms with van der Waals surface area (Å²) in [6.45, 7) is 8.14. The standard InChI is InChI=1S/C18H26N2O2/c1-4-22-15-7-10-19(11-8-15)13-16-17-6-5-9-20(17)14(2)12-18(16)21-3/h5-6,9,12,15H,4,7-8,10-11,13H2,1-3H3. The first-order valence-corrected chi connectivity index (χ1v) is 8.20. The lowest BCUT2D eigenvalue weighted by atomic mass is 10.1. The van der Waals surface area contributed by atoms with Crippen LogP contribution in [0, 0.1) is 6.92 Å². The molecule has 3 rings (SSSR count). The Morgan fingerprint density at radius 1 is 1.27 bits per heavy atom. The molecule has 3 heterocycles. The van der Waals surface area contributed by atoms with E-state index >= 15 is 0 Å². The van der Waals surface area contributed by atoms with Crippen LogP contribution in [-0.2, 0) is 11.3 Å². The van der Waals surface area contributed by atoms with Crippen LogP contribution in [0.15, 0.2) is 24.4 Å². The van der Waals surface area contributed by atoms with Gasteiger partial charge in [0.1, 0.15) is 5.75 Å². The van der Waals surface area contributed by atoms with Gasteiger partial charge in [0.2, 0.25) is 0 Å². The van der Waals surface area contributed by atoms with Crippen molar-refractivity contribution in [3.05, 3.63) is 35.7 Å². The van der Waals surface area contributed by atoms with Crippen LogP contribution in [0.5, 0.6) is 5.75 Å². The summed E-state index contributed by atoms with van der Waals surface area (Å²) in [6.07, 6.45) is 4.81. The van der Waals surface area contributed by atoms with Crippen molar-refractivity contribution in [2.75, 3.05) is 26.8 Å². The second kappa shape index (κ2) is 6.71. The molecule has 0 aliphatic carbocycles. The Morgan fingerprint density at radius 3 is 2.73 bits per heavy atom. The molecule has 2 aromatic heterocycles. The summed E-state index contributed by atoms with van der Waals surface area (Å²) in [5.74, 6) is 0.996. The van der Waals surface area contributed by atoms with Crippen molar-refractivity contribution in [2.45, 2.75) is 39.3 Å². The molecule has 1 aliphatic heterocycles. The molecule has 0 amide bonds. The zero-order valence-electron chi connectivity index (χ0n) is 13.8. The Kier molecular flexibility index (Phi) is 4.69. The third-order valence-corrected chi connectivity index (χ3v) is 4.61. The Morgan fingerprint density at radius 2 is 2.05 bits per heavy atom. The lowest BCUT2D eigenvalue weighted by Crippen LogP contribution is -2.36. The van der Waals surface area contributed by atoms with Crippen molar-refractivity contribution in [3.8, 4) is 5.75 Å². The van der Waals surface area contributed by atoms with Crippen LogP contribution in [0.2, 0.25) is 0 Å². The van der Waals surface area contributed by atoms with Gasteiger partial charge >= 0.3 is 0 Å². The first kappa shape index (κ1) is 15.4. The van der Waals surface area contributed by atoms with Gasteiger partial charge < -0.3 is 13.9 Å². The smallest absolute Gasteiger partial charge is 0.127 e. The number of hydrogen-bond acceptors (Lipinski definition) is 3. The fraction of sp³-hybridized carbons (Fsp3) is 0.556. The van der Waals surface area contributed by atoms with Gasteiger partial charge in [0.25, 0.3) is 0 Å². The maximum absolute atomic E-state index is 5.74. The van der Waals surface area contributed by atoms with Gasteiger partial charge in [0.05, 0.1) is 18.7 Å². The molecular formula is C18H26N2O2. The second-order valence-electron chi connectivity index (χ2n) is 6.03. The van der Waals surface area contributed by atoms with Gasteiger partial charge in [-0.1, -0.05) is 0 Å². The molecule has 0 spiro atoms. The summed E-state index contributed by atoms with van der Waals surface area (Å²) in [7, 11) is 1.76.